The molecule has 24 heavy (non-hydrogen) atoms. The molecule has 0 radical (unpaired) electrons. The van der Waals surface area contributed by atoms with E-state index in [2.05, 4.69) is 19.2 Å². The van der Waals surface area contributed by atoms with Gasteiger partial charge in [0.2, 0.25) is 5.91 Å². The number of hydrogen-bond acceptors (Lipinski definition) is 3. The van der Waals surface area contributed by atoms with Gasteiger partial charge in [-0.15, -0.1) is 0 Å². The summed E-state index contributed by atoms with van der Waals surface area (Å²) < 4.78 is 5.39. The van der Waals surface area contributed by atoms with Crippen molar-refractivity contribution in [1.82, 2.24) is 0 Å². The number of carbonyl (C=O) groups excluding carboxylic acids is 1. The number of anilines is 2. The van der Waals surface area contributed by atoms with Gasteiger partial charge in [0.1, 0.15) is 5.75 Å². The van der Waals surface area contributed by atoms with Crippen LogP contribution in [0.25, 0.3) is 6.08 Å². The SMILES string of the molecule is CCOc1ccc(/C=C\C(=O)Nc2ccc(C(C)C)cc2)cc1N. The van der Waals surface area contributed by atoms with E-state index in [1.165, 1.54) is 11.6 Å². The van der Waals surface area contributed by atoms with Gasteiger partial charge in [-0.2, -0.15) is 0 Å². The molecule has 0 unspecified atom stereocenters. The predicted octanol–water partition coefficient (Wildman–Crippen LogP) is 4.44. The van der Waals surface area contributed by atoms with Crippen LogP contribution in [-0.2, 0) is 4.79 Å². The van der Waals surface area contributed by atoms with E-state index in [0.717, 1.165) is 11.3 Å². The highest BCUT2D eigenvalue weighted by atomic mass is 16.5. The van der Waals surface area contributed by atoms with E-state index in [0.29, 0.717) is 24.0 Å². The molecule has 2 aromatic rings. The van der Waals surface area contributed by atoms with Gasteiger partial charge in [0.25, 0.3) is 0 Å². The van der Waals surface area contributed by atoms with Gasteiger partial charge in [-0.1, -0.05) is 32.0 Å². The lowest BCUT2D eigenvalue weighted by atomic mass is 10.0. The lowest BCUT2D eigenvalue weighted by Gasteiger charge is -2.07. The first-order chi connectivity index (χ1) is 11.5. The number of nitrogens with one attached hydrogen (secondary N) is 1. The Kier molecular flexibility index (Phi) is 6.01. The molecule has 0 spiro atoms. The van der Waals surface area contributed by atoms with Gasteiger partial charge in [0.15, 0.2) is 0 Å². The molecular formula is C20H24N2O2. The van der Waals surface area contributed by atoms with Crippen molar-refractivity contribution in [3.05, 3.63) is 59.7 Å². The summed E-state index contributed by atoms with van der Waals surface area (Å²) in [7, 11) is 0. The first-order valence-corrected chi connectivity index (χ1v) is 8.11. The highest BCUT2D eigenvalue weighted by molar-refractivity contribution is 6.02. The van der Waals surface area contributed by atoms with Crippen LogP contribution in [0.3, 0.4) is 0 Å². The van der Waals surface area contributed by atoms with Gasteiger partial charge in [-0.3, -0.25) is 4.79 Å². The minimum Gasteiger partial charge on any atom is -0.492 e. The first-order valence-electron chi connectivity index (χ1n) is 8.11. The van der Waals surface area contributed by atoms with Crippen LogP contribution in [0.1, 0.15) is 37.8 Å². The average Bonchev–Trinajstić information content (AvgIpc) is 2.56. The maximum absolute atomic E-state index is 12.0. The molecule has 1 amide bonds. The number of benzene rings is 2. The summed E-state index contributed by atoms with van der Waals surface area (Å²) in [6.07, 6.45) is 3.22. The fourth-order valence-corrected chi connectivity index (χ4v) is 2.26. The molecule has 2 aromatic carbocycles. The van der Waals surface area contributed by atoms with Gasteiger partial charge in [0, 0.05) is 11.8 Å². The summed E-state index contributed by atoms with van der Waals surface area (Å²) in [5, 5.41) is 2.84. The summed E-state index contributed by atoms with van der Waals surface area (Å²) in [5.41, 5.74) is 9.35. The average molecular weight is 324 g/mol. The minimum absolute atomic E-state index is 0.181. The standard InChI is InChI=1S/C20H24N2O2/c1-4-24-19-11-5-15(13-18(19)21)6-12-20(23)22-17-9-7-16(8-10-17)14(2)3/h5-14H,4,21H2,1-3H3,(H,22,23)/b12-6-. The van der Waals surface area contributed by atoms with Crippen molar-refractivity contribution in [3.8, 4) is 5.75 Å². The third kappa shape index (κ3) is 4.88. The predicted molar refractivity (Wildman–Crippen MR) is 100 cm³/mol. The molecule has 4 heteroatoms. The molecule has 0 aliphatic rings. The number of amides is 1. The zero-order valence-electron chi connectivity index (χ0n) is 14.4. The molecule has 0 aliphatic heterocycles. The van der Waals surface area contributed by atoms with Crippen LogP contribution in [0.15, 0.2) is 48.5 Å². The summed E-state index contributed by atoms with van der Waals surface area (Å²) in [6, 6.07) is 13.3. The van der Waals surface area contributed by atoms with Crippen LogP contribution >= 0.6 is 0 Å². The monoisotopic (exact) mass is 324 g/mol. The zero-order chi connectivity index (χ0) is 17.5. The van der Waals surface area contributed by atoms with Crippen molar-refractivity contribution >= 4 is 23.4 Å². The van der Waals surface area contributed by atoms with E-state index < -0.39 is 0 Å². The Hall–Kier alpha value is -2.75. The van der Waals surface area contributed by atoms with Gasteiger partial charge in [0.05, 0.1) is 12.3 Å². The molecule has 4 nitrogen and oxygen atoms in total. The molecule has 3 N–H and O–H groups in total. The lowest BCUT2D eigenvalue weighted by molar-refractivity contribution is -0.111. The zero-order valence-corrected chi connectivity index (χ0v) is 14.4. The normalized spacial score (nSPS) is 11.0. The van der Waals surface area contributed by atoms with Crippen molar-refractivity contribution < 1.29 is 9.53 Å². The first kappa shape index (κ1) is 17.6. The van der Waals surface area contributed by atoms with Gasteiger partial charge in [-0.05, 0) is 54.3 Å². The topological polar surface area (TPSA) is 64.3 Å². The molecule has 0 aromatic heterocycles. The van der Waals surface area contributed by atoms with Crippen LogP contribution in [-0.4, -0.2) is 12.5 Å². The molecule has 0 aliphatic carbocycles. The quantitative estimate of drug-likeness (QED) is 0.610. The van der Waals surface area contributed by atoms with Crippen molar-refractivity contribution in [3.63, 3.8) is 0 Å². The molecule has 0 saturated heterocycles. The van der Waals surface area contributed by atoms with E-state index in [4.69, 9.17) is 10.5 Å². The maximum atomic E-state index is 12.0. The van der Waals surface area contributed by atoms with Crippen LogP contribution < -0.4 is 15.8 Å². The van der Waals surface area contributed by atoms with E-state index in [1.807, 2.05) is 37.3 Å². The number of nitrogens with two attached hydrogens (primary N) is 1. The van der Waals surface area contributed by atoms with Gasteiger partial charge < -0.3 is 15.8 Å². The van der Waals surface area contributed by atoms with E-state index in [1.54, 1.807) is 18.2 Å². The summed E-state index contributed by atoms with van der Waals surface area (Å²) in [5.74, 6) is 0.948. The number of carbonyl (C=O) groups is 1. The molecule has 0 heterocycles. The van der Waals surface area contributed by atoms with E-state index in [-0.39, 0.29) is 5.91 Å². The number of ether oxygens (including phenoxy) is 1. The van der Waals surface area contributed by atoms with Crippen molar-refractivity contribution in [2.24, 2.45) is 0 Å². The second kappa shape index (κ2) is 8.20. The van der Waals surface area contributed by atoms with Crippen molar-refractivity contribution in [2.75, 3.05) is 17.7 Å². The molecule has 2 rings (SSSR count). The second-order valence-electron chi connectivity index (χ2n) is 5.83. The number of nitrogen functional groups attached to an aromatic ring is 1. The van der Waals surface area contributed by atoms with Crippen LogP contribution in [0.5, 0.6) is 5.75 Å². The highest BCUT2D eigenvalue weighted by Crippen LogP contribution is 2.23. The fraction of sp³-hybridized carbons (Fsp3) is 0.250. The maximum Gasteiger partial charge on any atom is 0.248 e. The smallest absolute Gasteiger partial charge is 0.248 e. The number of hydrogen-bond donors (Lipinski definition) is 2. The molecule has 0 bridgehead atoms. The van der Waals surface area contributed by atoms with Gasteiger partial charge >= 0.3 is 0 Å². The largest absolute Gasteiger partial charge is 0.492 e. The molecule has 0 fully saturated rings. The van der Waals surface area contributed by atoms with Crippen molar-refractivity contribution in [2.45, 2.75) is 26.7 Å². The summed E-state index contributed by atoms with van der Waals surface area (Å²) in [6.45, 7) is 6.75. The molecule has 0 atom stereocenters. The van der Waals surface area contributed by atoms with Crippen LogP contribution in [0, 0.1) is 0 Å². The Balaban J connectivity index is 1.98. The Morgan fingerprint density at radius 1 is 1.21 bits per heavy atom. The Labute approximate surface area is 143 Å². The molecular weight excluding hydrogens is 300 g/mol. The molecule has 0 saturated carbocycles. The highest BCUT2D eigenvalue weighted by Gasteiger charge is 2.02. The van der Waals surface area contributed by atoms with Crippen LogP contribution in [0.2, 0.25) is 0 Å². The summed E-state index contributed by atoms with van der Waals surface area (Å²) >= 11 is 0. The number of rotatable bonds is 6. The third-order valence-electron chi connectivity index (χ3n) is 3.61. The Morgan fingerprint density at radius 3 is 2.50 bits per heavy atom. The Morgan fingerprint density at radius 2 is 1.92 bits per heavy atom. The minimum atomic E-state index is -0.181. The lowest BCUT2D eigenvalue weighted by Crippen LogP contribution is -2.07. The second-order valence-corrected chi connectivity index (χ2v) is 5.83. The molecule has 126 valence electrons. The Bertz CT molecular complexity index is 719. The van der Waals surface area contributed by atoms with Crippen LogP contribution in [0.4, 0.5) is 11.4 Å². The van der Waals surface area contributed by atoms with E-state index in [9.17, 15) is 4.79 Å². The fourth-order valence-electron chi connectivity index (χ4n) is 2.26. The van der Waals surface area contributed by atoms with Crippen molar-refractivity contribution in [1.29, 1.82) is 0 Å². The third-order valence-corrected chi connectivity index (χ3v) is 3.61. The van der Waals surface area contributed by atoms with Gasteiger partial charge in [-0.25, -0.2) is 0 Å². The summed E-state index contributed by atoms with van der Waals surface area (Å²) in [4.78, 5) is 12.0. The van der Waals surface area contributed by atoms with E-state index >= 15 is 0 Å².